The minimum atomic E-state index is -0.329. The van der Waals surface area contributed by atoms with E-state index in [0.29, 0.717) is 34.0 Å². The number of fused-ring (bicyclic) bond motifs is 1. The van der Waals surface area contributed by atoms with Gasteiger partial charge in [0.05, 0.1) is 38.6 Å². The Labute approximate surface area is 143 Å². The molecule has 0 unspecified atom stereocenters. The van der Waals surface area contributed by atoms with E-state index in [-0.39, 0.29) is 5.56 Å². The van der Waals surface area contributed by atoms with Gasteiger partial charge in [-0.3, -0.25) is 4.79 Å². The van der Waals surface area contributed by atoms with Crippen molar-refractivity contribution in [2.24, 2.45) is 5.10 Å². The fourth-order valence-corrected chi connectivity index (χ4v) is 2.57. The molecule has 25 heavy (non-hydrogen) atoms. The molecule has 0 spiro atoms. The summed E-state index contributed by atoms with van der Waals surface area (Å²) in [5, 5.41) is 4.55. The second-order valence-corrected chi connectivity index (χ2v) is 5.19. The molecule has 1 N–H and O–H groups in total. The van der Waals surface area contributed by atoms with Crippen molar-refractivity contribution in [3.8, 4) is 17.2 Å². The molecule has 1 aromatic carbocycles. The third-order valence-corrected chi connectivity index (χ3v) is 3.74. The second kappa shape index (κ2) is 6.68. The van der Waals surface area contributed by atoms with Crippen molar-refractivity contribution >= 4 is 17.1 Å². The Kier molecular flexibility index (Phi) is 4.42. The van der Waals surface area contributed by atoms with Crippen molar-refractivity contribution in [3.05, 3.63) is 46.3 Å². The van der Waals surface area contributed by atoms with E-state index in [1.54, 1.807) is 25.4 Å². The van der Waals surface area contributed by atoms with E-state index in [1.807, 2.05) is 12.1 Å². The minimum absolute atomic E-state index is 0.323. The van der Waals surface area contributed by atoms with Gasteiger partial charge in [0.1, 0.15) is 11.3 Å². The highest BCUT2D eigenvalue weighted by Gasteiger charge is 2.20. The summed E-state index contributed by atoms with van der Waals surface area (Å²) in [5.41, 5.74) is 0.842. The maximum atomic E-state index is 12.9. The van der Waals surface area contributed by atoms with Gasteiger partial charge in [-0.15, -0.1) is 0 Å². The topological polar surface area (TPSA) is 90.7 Å². The predicted molar refractivity (Wildman–Crippen MR) is 94.2 cm³/mol. The number of hydrogen-bond donors (Lipinski definition) is 1. The molecule has 0 amide bonds. The Balaban J connectivity index is 2.27. The third-order valence-electron chi connectivity index (χ3n) is 3.74. The molecule has 0 fully saturated rings. The molecule has 0 radical (unpaired) electrons. The Bertz CT molecular complexity index is 990. The molecule has 0 atom stereocenters. The van der Waals surface area contributed by atoms with E-state index in [4.69, 9.17) is 14.2 Å². The van der Waals surface area contributed by atoms with Crippen molar-refractivity contribution in [2.75, 3.05) is 21.3 Å². The highest BCUT2D eigenvalue weighted by molar-refractivity contribution is 5.89. The van der Waals surface area contributed by atoms with Gasteiger partial charge in [0.25, 0.3) is 5.56 Å². The van der Waals surface area contributed by atoms with Gasteiger partial charge >= 0.3 is 0 Å². The summed E-state index contributed by atoms with van der Waals surface area (Å²) in [6.07, 6.45) is 3.33. The van der Waals surface area contributed by atoms with Gasteiger partial charge in [-0.25, -0.2) is 4.98 Å². The first-order valence-corrected chi connectivity index (χ1v) is 7.50. The van der Waals surface area contributed by atoms with Gasteiger partial charge in [0.15, 0.2) is 11.5 Å². The molecule has 130 valence electrons. The van der Waals surface area contributed by atoms with E-state index in [9.17, 15) is 4.79 Å². The minimum Gasteiger partial charge on any atom is -0.493 e. The number of rotatable bonds is 5. The van der Waals surface area contributed by atoms with Gasteiger partial charge in [0, 0.05) is 6.20 Å². The van der Waals surface area contributed by atoms with Crippen molar-refractivity contribution in [2.45, 2.75) is 6.92 Å². The summed E-state index contributed by atoms with van der Waals surface area (Å²) in [4.78, 5) is 20.4. The summed E-state index contributed by atoms with van der Waals surface area (Å²) in [6.45, 7) is 1.70. The molecular weight excluding hydrogens is 324 g/mol. The number of aromatic nitrogens is 3. The van der Waals surface area contributed by atoms with Crippen LogP contribution in [0.4, 0.5) is 0 Å². The lowest BCUT2D eigenvalue weighted by Crippen LogP contribution is -2.21. The molecule has 8 heteroatoms. The summed E-state index contributed by atoms with van der Waals surface area (Å²) >= 11 is 0. The smallest absolute Gasteiger partial charge is 0.282 e. The van der Waals surface area contributed by atoms with Crippen LogP contribution in [-0.2, 0) is 0 Å². The fraction of sp³-hybridized carbons (Fsp3) is 0.235. The van der Waals surface area contributed by atoms with E-state index in [1.165, 1.54) is 26.0 Å². The first kappa shape index (κ1) is 16.6. The highest BCUT2D eigenvalue weighted by Crippen LogP contribution is 2.41. The Hall–Kier alpha value is -3.29. The molecule has 0 aliphatic rings. The van der Waals surface area contributed by atoms with Gasteiger partial charge < -0.3 is 19.2 Å². The first-order chi connectivity index (χ1) is 12.1. The number of nitrogens with zero attached hydrogens (tertiary/aromatic N) is 3. The highest BCUT2D eigenvalue weighted by atomic mass is 16.5. The van der Waals surface area contributed by atoms with Crippen LogP contribution < -0.4 is 19.8 Å². The second-order valence-electron chi connectivity index (χ2n) is 5.19. The molecule has 8 nitrogen and oxygen atoms in total. The summed E-state index contributed by atoms with van der Waals surface area (Å²) in [7, 11) is 4.48. The van der Waals surface area contributed by atoms with Crippen LogP contribution in [0.1, 0.15) is 11.5 Å². The van der Waals surface area contributed by atoms with Crippen LogP contribution in [0.15, 0.2) is 34.3 Å². The molecule has 3 rings (SSSR count). The van der Waals surface area contributed by atoms with Gasteiger partial charge in [-0.05, 0) is 25.1 Å². The van der Waals surface area contributed by atoms with Crippen molar-refractivity contribution in [1.82, 2.24) is 14.6 Å². The number of methoxy groups -OCH3 is 3. The van der Waals surface area contributed by atoms with Gasteiger partial charge in [0.2, 0.25) is 5.75 Å². The summed E-state index contributed by atoms with van der Waals surface area (Å²) in [6, 6.07) is 5.26. The molecule has 0 aliphatic heterocycles. The zero-order valence-electron chi connectivity index (χ0n) is 14.4. The molecular formula is C17H18N4O4. The van der Waals surface area contributed by atoms with Crippen LogP contribution >= 0.6 is 0 Å². The van der Waals surface area contributed by atoms with Crippen LogP contribution in [0.3, 0.4) is 0 Å². The number of aromatic amines is 1. The summed E-state index contributed by atoms with van der Waals surface area (Å²) in [5.74, 6) is 1.54. The van der Waals surface area contributed by atoms with Crippen molar-refractivity contribution < 1.29 is 14.2 Å². The molecule has 0 aliphatic carbocycles. The average molecular weight is 342 g/mol. The lowest BCUT2D eigenvalue weighted by Gasteiger charge is -2.15. The number of hydrogen-bond acceptors (Lipinski definition) is 6. The number of nitrogens with one attached hydrogen (secondary N) is 1. The van der Waals surface area contributed by atoms with Gasteiger partial charge in [-0.2, -0.15) is 9.78 Å². The van der Waals surface area contributed by atoms with E-state index in [2.05, 4.69) is 15.1 Å². The Morgan fingerprint density at radius 1 is 1.20 bits per heavy atom. The Morgan fingerprint density at radius 3 is 2.56 bits per heavy atom. The van der Waals surface area contributed by atoms with Crippen LogP contribution in [0.5, 0.6) is 17.2 Å². The number of H-pyrrole nitrogens is 1. The zero-order chi connectivity index (χ0) is 18.0. The molecule has 2 aromatic heterocycles. The van der Waals surface area contributed by atoms with E-state index < -0.39 is 0 Å². The number of ether oxygens (including phenoxy) is 3. The number of aryl methyl sites for hydroxylation is 1. The standard InChI is InChI=1S/C17H18N4O4/c1-10-20-14-12(8-13(23-2)15(24-3)16(14)25-4)17(22)21(10)19-9-11-6-5-7-18-11/h5-9,18H,1-4H3/b19-9-. The number of benzene rings is 1. The zero-order valence-corrected chi connectivity index (χ0v) is 14.4. The van der Waals surface area contributed by atoms with Crippen LogP contribution in [-0.4, -0.2) is 42.2 Å². The van der Waals surface area contributed by atoms with Crippen LogP contribution in [0.2, 0.25) is 0 Å². The normalized spacial score (nSPS) is 11.2. The van der Waals surface area contributed by atoms with E-state index >= 15 is 0 Å². The molecule has 0 saturated carbocycles. The molecule has 0 saturated heterocycles. The van der Waals surface area contributed by atoms with E-state index in [0.717, 1.165) is 5.69 Å². The maximum Gasteiger partial charge on any atom is 0.282 e. The quantitative estimate of drug-likeness (QED) is 0.716. The van der Waals surface area contributed by atoms with Crippen LogP contribution in [0.25, 0.3) is 10.9 Å². The lowest BCUT2D eigenvalue weighted by molar-refractivity contribution is 0.326. The molecule has 3 aromatic rings. The fourth-order valence-electron chi connectivity index (χ4n) is 2.57. The molecule has 2 heterocycles. The molecule has 0 bridgehead atoms. The predicted octanol–water partition coefficient (Wildman–Crippen LogP) is 1.94. The first-order valence-electron chi connectivity index (χ1n) is 7.50. The Morgan fingerprint density at radius 2 is 1.96 bits per heavy atom. The SMILES string of the molecule is COc1cc2c(=O)n(/N=C\c3ccc[nH]3)c(C)nc2c(OC)c1OC. The van der Waals surface area contributed by atoms with Crippen molar-refractivity contribution in [3.63, 3.8) is 0 Å². The van der Waals surface area contributed by atoms with Gasteiger partial charge in [-0.1, -0.05) is 0 Å². The maximum absolute atomic E-state index is 12.9. The third kappa shape index (κ3) is 2.82. The average Bonchev–Trinajstić information content (AvgIpc) is 3.13. The van der Waals surface area contributed by atoms with Crippen LogP contribution in [0, 0.1) is 6.92 Å². The van der Waals surface area contributed by atoms with Crippen molar-refractivity contribution in [1.29, 1.82) is 0 Å². The monoisotopic (exact) mass is 342 g/mol. The summed E-state index contributed by atoms with van der Waals surface area (Å²) < 4.78 is 17.3. The lowest BCUT2D eigenvalue weighted by atomic mass is 10.2. The largest absolute Gasteiger partial charge is 0.493 e.